The molecule has 9 aromatic rings. The third-order valence-electron chi connectivity index (χ3n) is 11.9. The lowest BCUT2D eigenvalue weighted by atomic mass is 9.82. The van der Waals surface area contributed by atoms with Crippen LogP contribution in [-0.2, 0) is 12.0 Å². The fraction of sp³-hybridized carbons (Fsp3) is 0.0800. The number of hydrogen-bond donors (Lipinski definition) is 0. The minimum Gasteiger partial charge on any atom is -0.335 e. The number of pyridine rings is 1. The van der Waals surface area contributed by atoms with Crippen LogP contribution in [0.2, 0.25) is 0 Å². The van der Waals surface area contributed by atoms with Gasteiger partial charge in [0.2, 0.25) is 0 Å². The van der Waals surface area contributed by atoms with E-state index in [2.05, 4.69) is 168 Å². The maximum Gasteiger partial charge on any atom is 0.0859 e. The Balaban J connectivity index is 1.10. The Morgan fingerprint density at radius 2 is 1.43 bits per heavy atom. The number of para-hydroxylation sites is 3. The van der Waals surface area contributed by atoms with Gasteiger partial charge < -0.3 is 9.47 Å². The molecule has 11 rings (SSSR count). The van der Waals surface area contributed by atoms with E-state index >= 15 is 0 Å². The van der Waals surface area contributed by atoms with E-state index in [4.69, 9.17) is 4.98 Å². The molecule has 0 unspecified atom stereocenters. The van der Waals surface area contributed by atoms with Crippen molar-refractivity contribution in [2.75, 3.05) is 4.90 Å². The molecule has 0 bridgehead atoms. The van der Waals surface area contributed by atoms with Crippen molar-refractivity contribution < 1.29 is 0 Å². The van der Waals surface area contributed by atoms with Crippen LogP contribution in [0.3, 0.4) is 0 Å². The Kier molecular flexibility index (Phi) is 6.48. The van der Waals surface area contributed by atoms with Gasteiger partial charge in [0.15, 0.2) is 0 Å². The molecule has 2 aromatic heterocycles. The summed E-state index contributed by atoms with van der Waals surface area (Å²) >= 11 is 0. The third kappa shape index (κ3) is 4.31. The van der Waals surface area contributed by atoms with Gasteiger partial charge in [-0.05, 0) is 106 Å². The van der Waals surface area contributed by atoms with Crippen molar-refractivity contribution in [1.82, 2.24) is 9.55 Å². The molecular weight excluding hydrogens is 657 g/mol. The lowest BCUT2D eigenvalue weighted by Gasteiger charge is -2.34. The number of anilines is 2. The van der Waals surface area contributed by atoms with Gasteiger partial charge in [-0.3, -0.25) is 9.98 Å². The number of aromatic nitrogens is 2. The van der Waals surface area contributed by atoms with Crippen molar-refractivity contribution in [3.8, 4) is 39.1 Å². The molecule has 0 saturated carbocycles. The van der Waals surface area contributed by atoms with Crippen LogP contribution in [0.25, 0.3) is 71.8 Å². The molecule has 0 amide bonds. The molecule has 0 atom stereocenters. The Morgan fingerprint density at radius 1 is 0.593 bits per heavy atom. The summed E-state index contributed by atoms with van der Waals surface area (Å²) in [6, 6.07) is 55.4. The third-order valence-corrected chi connectivity index (χ3v) is 11.9. The largest absolute Gasteiger partial charge is 0.335 e. The lowest BCUT2D eigenvalue weighted by molar-refractivity contribution is 0.661. The maximum atomic E-state index is 4.89. The summed E-state index contributed by atoms with van der Waals surface area (Å²) in [7, 11) is 0. The molecule has 0 fully saturated rings. The van der Waals surface area contributed by atoms with Gasteiger partial charge in [0, 0.05) is 50.3 Å². The molecule has 3 heterocycles. The first-order chi connectivity index (χ1) is 26.5. The highest BCUT2D eigenvalue weighted by atomic mass is 15.2. The van der Waals surface area contributed by atoms with E-state index in [1.807, 2.05) is 24.4 Å². The van der Waals surface area contributed by atoms with Crippen LogP contribution in [0.5, 0.6) is 0 Å². The molecule has 7 aromatic carbocycles. The Hall–Kier alpha value is -6.78. The minimum absolute atomic E-state index is 0.0837. The molecule has 4 nitrogen and oxygen atoms in total. The van der Waals surface area contributed by atoms with E-state index in [9.17, 15) is 0 Å². The van der Waals surface area contributed by atoms with Gasteiger partial charge in [0.1, 0.15) is 0 Å². The molecule has 1 aliphatic carbocycles. The van der Waals surface area contributed by atoms with Crippen LogP contribution < -0.4 is 4.90 Å². The Morgan fingerprint density at radius 3 is 2.35 bits per heavy atom. The summed E-state index contributed by atoms with van der Waals surface area (Å²) in [4.78, 5) is 11.7. The second-order valence-corrected chi connectivity index (χ2v) is 15.1. The minimum atomic E-state index is -0.0837. The van der Waals surface area contributed by atoms with Crippen LogP contribution in [0.1, 0.15) is 30.5 Å². The smallest absolute Gasteiger partial charge is 0.0859 e. The summed E-state index contributed by atoms with van der Waals surface area (Å²) in [5, 5.41) is 3.69. The van der Waals surface area contributed by atoms with Gasteiger partial charge >= 0.3 is 0 Å². The van der Waals surface area contributed by atoms with E-state index < -0.39 is 0 Å². The van der Waals surface area contributed by atoms with E-state index in [1.165, 1.54) is 66.3 Å². The average Bonchev–Trinajstić information content (AvgIpc) is 3.67. The highest BCUT2D eigenvalue weighted by molar-refractivity contribution is 6.12. The molecule has 256 valence electrons. The van der Waals surface area contributed by atoms with Crippen LogP contribution in [-0.4, -0.2) is 16.3 Å². The van der Waals surface area contributed by atoms with Crippen molar-refractivity contribution in [3.05, 3.63) is 175 Å². The van der Waals surface area contributed by atoms with Crippen LogP contribution in [0, 0.1) is 0 Å². The van der Waals surface area contributed by atoms with Crippen molar-refractivity contribution in [2.45, 2.75) is 25.8 Å². The van der Waals surface area contributed by atoms with Crippen molar-refractivity contribution in [2.24, 2.45) is 4.99 Å². The number of rotatable bonds is 4. The fourth-order valence-electron chi connectivity index (χ4n) is 9.33. The molecule has 0 saturated heterocycles. The Bertz CT molecular complexity index is 3040. The molecule has 2 aliphatic rings. The number of nitrogens with zero attached hydrogens (tertiary/aromatic N) is 4. The zero-order valence-electron chi connectivity index (χ0n) is 30.2. The first-order valence-electron chi connectivity index (χ1n) is 18.6. The van der Waals surface area contributed by atoms with Crippen LogP contribution in [0.15, 0.2) is 163 Å². The maximum absolute atomic E-state index is 4.89. The molecular formula is C50H36N4. The highest BCUT2D eigenvalue weighted by Gasteiger charge is 2.36. The topological polar surface area (TPSA) is 33.4 Å². The van der Waals surface area contributed by atoms with Gasteiger partial charge in [0.05, 0.1) is 34.5 Å². The van der Waals surface area contributed by atoms with E-state index in [0.717, 1.165) is 39.2 Å². The zero-order valence-corrected chi connectivity index (χ0v) is 30.2. The van der Waals surface area contributed by atoms with Gasteiger partial charge in [-0.2, -0.15) is 0 Å². The van der Waals surface area contributed by atoms with Crippen LogP contribution in [0.4, 0.5) is 17.1 Å². The molecule has 0 spiro atoms. The van der Waals surface area contributed by atoms with E-state index in [1.54, 1.807) is 0 Å². The number of benzene rings is 7. The lowest BCUT2D eigenvalue weighted by Crippen LogP contribution is -2.22. The molecule has 1 aliphatic heterocycles. The molecule has 0 N–H and O–H groups in total. The summed E-state index contributed by atoms with van der Waals surface area (Å²) in [6.07, 6.45) is 1.90. The first kappa shape index (κ1) is 30.8. The monoisotopic (exact) mass is 692 g/mol. The average molecular weight is 693 g/mol. The van der Waals surface area contributed by atoms with Gasteiger partial charge in [-0.1, -0.05) is 105 Å². The molecule has 0 radical (unpaired) electrons. The van der Waals surface area contributed by atoms with Crippen molar-refractivity contribution in [1.29, 1.82) is 0 Å². The number of aliphatic imine (C=N–C) groups is 1. The predicted molar refractivity (Wildman–Crippen MR) is 226 cm³/mol. The van der Waals surface area contributed by atoms with E-state index in [-0.39, 0.29) is 5.41 Å². The SMILES string of the molecule is C=Nc1ccccc1N1Cc2c(ccc3cccnc23)-c2cc(-c3cccc(-n4c5ccccc5c5cc6c(cc54)C(C)(C)c4ccccc4-6)c3)ccc21. The molecule has 4 heteroatoms. The van der Waals surface area contributed by atoms with Gasteiger partial charge in [0.25, 0.3) is 0 Å². The quantitative estimate of drug-likeness (QED) is 0.172. The number of hydrogen-bond acceptors (Lipinski definition) is 3. The van der Waals surface area contributed by atoms with E-state index in [0.29, 0.717) is 6.54 Å². The van der Waals surface area contributed by atoms with Crippen molar-refractivity contribution >= 4 is 56.5 Å². The summed E-state index contributed by atoms with van der Waals surface area (Å²) < 4.78 is 2.46. The van der Waals surface area contributed by atoms with Crippen molar-refractivity contribution in [3.63, 3.8) is 0 Å². The normalized spacial score (nSPS) is 13.9. The van der Waals surface area contributed by atoms with Gasteiger partial charge in [-0.15, -0.1) is 0 Å². The zero-order chi connectivity index (χ0) is 36.1. The first-order valence-corrected chi connectivity index (χ1v) is 18.6. The summed E-state index contributed by atoms with van der Waals surface area (Å²) in [5.74, 6) is 0. The summed E-state index contributed by atoms with van der Waals surface area (Å²) in [6.45, 7) is 9.31. The standard InChI is InChI=1S/C50H36N4/c1-50(2)42-17-6-4-15-36(42)38-28-40-37-16-5-8-19-46(37)54(48(40)29-43(38)50)34-14-10-12-32(26-34)33-22-24-45-39(27-33)35-23-21-31-13-11-25-52-49(31)41(35)30-53(45)47-20-9-7-18-44(47)51-3/h4-29H,3,30H2,1-2H3. The number of fused-ring (bicyclic) bond motifs is 11. The van der Waals surface area contributed by atoms with Gasteiger partial charge in [-0.25, -0.2) is 0 Å². The second kappa shape index (κ2) is 11.4. The predicted octanol–water partition coefficient (Wildman–Crippen LogP) is 13.0. The second-order valence-electron chi connectivity index (χ2n) is 15.1. The molecule has 54 heavy (non-hydrogen) atoms. The summed E-state index contributed by atoms with van der Waals surface area (Å²) in [5.41, 5.74) is 19.0. The Labute approximate surface area is 314 Å². The highest BCUT2D eigenvalue weighted by Crippen LogP contribution is 2.52. The fourth-order valence-corrected chi connectivity index (χ4v) is 9.33. The van der Waals surface area contributed by atoms with Crippen LogP contribution >= 0.6 is 0 Å².